The lowest BCUT2D eigenvalue weighted by molar-refractivity contribution is 0.577. The van der Waals surface area contributed by atoms with Crippen LogP contribution in [0.4, 0.5) is 5.82 Å². The van der Waals surface area contributed by atoms with Crippen LogP contribution in [0.3, 0.4) is 0 Å². The Morgan fingerprint density at radius 1 is 1.19 bits per heavy atom. The van der Waals surface area contributed by atoms with Gasteiger partial charge in [-0.2, -0.15) is 5.10 Å². The van der Waals surface area contributed by atoms with Crippen LogP contribution < -0.4 is 17.0 Å². The van der Waals surface area contributed by atoms with Crippen LogP contribution in [0.25, 0.3) is 11.0 Å². The van der Waals surface area contributed by atoms with Crippen molar-refractivity contribution >= 4 is 40.1 Å². The molecule has 1 aromatic carbocycles. The summed E-state index contributed by atoms with van der Waals surface area (Å²) in [5.74, 6) is 0.509. The fraction of sp³-hybridized carbons (Fsp3) is 0.353. The average Bonchev–Trinajstić information content (AvgIpc) is 2.93. The molecular weight excluding hydrogens is 377 g/mol. The van der Waals surface area contributed by atoms with E-state index in [0.717, 1.165) is 5.56 Å². The number of benzene rings is 1. The molecular formula is C17H19Cl2N5O2. The molecule has 3 aromatic rings. The Kier molecular flexibility index (Phi) is 5.38. The minimum atomic E-state index is -0.424. The Morgan fingerprint density at radius 3 is 2.62 bits per heavy atom. The van der Waals surface area contributed by atoms with E-state index >= 15 is 0 Å². The molecule has 9 heteroatoms. The van der Waals surface area contributed by atoms with Crippen molar-refractivity contribution in [2.45, 2.75) is 33.0 Å². The number of aromatic nitrogens is 4. The van der Waals surface area contributed by atoms with E-state index in [9.17, 15) is 9.59 Å². The maximum atomic E-state index is 12.9. The van der Waals surface area contributed by atoms with Gasteiger partial charge in [0.05, 0.1) is 13.1 Å². The Hall–Kier alpha value is -2.25. The molecule has 0 radical (unpaired) electrons. The maximum absolute atomic E-state index is 12.9. The highest BCUT2D eigenvalue weighted by atomic mass is 35.5. The molecule has 0 spiro atoms. The van der Waals surface area contributed by atoms with Gasteiger partial charge in [0, 0.05) is 17.4 Å². The topological polar surface area (TPSA) is 87.8 Å². The first-order valence-electron chi connectivity index (χ1n) is 8.28. The molecule has 0 saturated carbocycles. The van der Waals surface area contributed by atoms with Gasteiger partial charge < -0.3 is 5.73 Å². The molecule has 0 bridgehead atoms. The van der Waals surface area contributed by atoms with Gasteiger partial charge >= 0.3 is 5.69 Å². The standard InChI is InChI=1S/C17H19Cl2N5O2/c1-2-7-22-16(25)13-14(20)24(8-6-18)21-15(13)23(17(22)26)10-11-4-3-5-12(19)9-11/h3-5,9H,2,6-8,10,20H2,1H3. The van der Waals surface area contributed by atoms with Gasteiger partial charge in [0.1, 0.15) is 11.2 Å². The quantitative estimate of drug-likeness (QED) is 0.648. The Morgan fingerprint density at radius 2 is 1.96 bits per heavy atom. The van der Waals surface area contributed by atoms with Crippen LogP contribution in [0, 0.1) is 0 Å². The molecule has 0 amide bonds. The number of nitrogens with zero attached hydrogens (tertiary/aromatic N) is 4. The van der Waals surface area contributed by atoms with E-state index < -0.39 is 11.2 Å². The van der Waals surface area contributed by atoms with Gasteiger partial charge in [-0.05, 0) is 24.1 Å². The first kappa shape index (κ1) is 18.5. The summed E-state index contributed by atoms with van der Waals surface area (Å²) in [6.45, 7) is 2.79. The van der Waals surface area contributed by atoms with Gasteiger partial charge in [-0.1, -0.05) is 30.7 Å². The van der Waals surface area contributed by atoms with Crippen LogP contribution in [0.15, 0.2) is 33.9 Å². The molecule has 0 unspecified atom stereocenters. The minimum Gasteiger partial charge on any atom is -0.383 e. The van der Waals surface area contributed by atoms with Crippen molar-refractivity contribution in [1.29, 1.82) is 0 Å². The first-order valence-corrected chi connectivity index (χ1v) is 9.19. The third-order valence-corrected chi connectivity index (χ3v) is 4.53. The molecule has 26 heavy (non-hydrogen) atoms. The van der Waals surface area contributed by atoms with Crippen LogP contribution in [0.5, 0.6) is 0 Å². The van der Waals surface area contributed by atoms with E-state index in [-0.39, 0.29) is 23.4 Å². The molecule has 0 aliphatic rings. The molecule has 3 rings (SSSR count). The van der Waals surface area contributed by atoms with Crippen molar-refractivity contribution in [2.24, 2.45) is 0 Å². The lowest BCUT2D eigenvalue weighted by atomic mass is 10.2. The summed E-state index contributed by atoms with van der Waals surface area (Å²) in [7, 11) is 0. The summed E-state index contributed by atoms with van der Waals surface area (Å²) < 4.78 is 4.12. The zero-order valence-electron chi connectivity index (χ0n) is 14.3. The van der Waals surface area contributed by atoms with Gasteiger partial charge in [-0.3, -0.25) is 13.9 Å². The van der Waals surface area contributed by atoms with Gasteiger partial charge in [0.2, 0.25) is 0 Å². The molecule has 0 aliphatic heterocycles. The fourth-order valence-corrected chi connectivity index (χ4v) is 3.32. The second-order valence-electron chi connectivity index (χ2n) is 5.95. The van der Waals surface area contributed by atoms with Crippen molar-refractivity contribution in [3.8, 4) is 0 Å². The van der Waals surface area contributed by atoms with Crippen LogP contribution in [0.2, 0.25) is 5.02 Å². The Labute approximate surface area is 159 Å². The molecule has 0 saturated heterocycles. The number of nitrogen functional groups attached to an aromatic ring is 1. The number of aryl methyl sites for hydroxylation is 1. The maximum Gasteiger partial charge on any atom is 0.333 e. The largest absolute Gasteiger partial charge is 0.383 e. The summed E-state index contributed by atoms with van der Waals surface area (Å²) in [6.07, 6.45) is 0.646. The number of nitrogens with two attached hydrogens (primary N) is 1. The normalized spacial score (nSPS) is 11.3. The fourth-order valence-electron chi connectivity index (χ4n) is 2.95. The predicted octanol–water partition coefficient (Wildman–Crippen LogP) is 2.29. The van der Waals surface area contributed by atoms with E-state index in [0.29, 0.717) is 30.4 Å². The monoisotopic (exact) mass is 395 g/mol. The highest BCUT2D eigenvalue weighted by Gasteiger charge is 2.20. The van der Waals surface area contributed by atoms with Crippen molar-refractivity contribution in [2.75, 3.05) is 11.6 Å². The van der Waals surface area contributed by atoms with Crippen LogP contribution in [-0.2, 0) is 19.6 Å². The smallest absolute Gasteiger partial charge is 0.333 e. The van der Waals surface area contributed by atoms with Gasteiger partial charge in [0.25, 0.3) is 5.56 Å². The predicted molar refractivity (Wildman–Crippen MR) is 104 cm³/mol. The highest BCUT2D eigenvalue weighted by molar-refractivity contribution is 6.30. The number of halogens is 2. The third kappa shape index (κ3) is 3.24. The van der Waals surface area contributed by atoms with Crippen LogP contribution in [-0.4, -0.2) is 24.8 Å². The zero-order chi connectivity index (χ0) is 18.8. The summed E-state index contributed by atoms with van der Waals surface area (Å²) in [5, 5.41) is 5.18. The third-order valence-electron chi connectivity index (χ3n) is 4.12. The van der Waals surface area contributed by atoms with Crippen molar-refractivity contribution in [3.05, 3.63) is 55.7 Å². The molecule has 0 aliphatic carbocycles. The summed E-state index contributed by atoms with van der Waals surface area (Å²) in [6, 6.07) is 7.20. The van der Waals surface area contributed by atoms with Crippen LogP contribution >= 0.6 is 23.2 Å². The SMILES string of the molecule is CCCn1c(=O)c2c(N)n(CCCl)nc2n(Cc2cccc(Cl)c2)c1=O. The number of anilines is 1. The van der Waals surface area contributed by atoms with Crippen molar-refractivity contribution < 1.29 is 0 Å². The average molecular weight is 396 g/mol. The van der Waals surface area contributed by atoms with Crippen molar-refractivity contribution in [1.82, 2.24) is 18.9 Å². The number of hydrogen-bond acceptors (Lipinski definition) is 4. The summed E-state index contributed by atoms with van der Waals surface area (Å²) in [4.78, 5) is 25.7. The molecule has 2 N–H and O–H groups in total. The van der Waals surface area contributed by atoms with E-state index in [1.54, 1.807) is 12.1 Å². The lowest BCUT2D eigenvalue weighted by Gasteiger charge is -2.11. The Balaban J connectivity index is 2.30. The van der Waals surface area contributed by atoms with Crippen molar-refractivity contribution in [3.63, 3.8) is 0 Å². The molecule has 0 atom stereocenters. The highest BCUT2D eigenvalue weighted by Crippen LogP contribution is 2.18. The summed E-state index contributed by atoms with van der Waals surface area (Å²) >= 11 is 11.8. The summed E-state index contributed by atoms with van der Waals surface area (Å²) in [5.41, 5.74) is 6.37. The second kappa shape index (κ2) is 7.55. The Bertz CT molecular complexity index is 1070. The second-order valence-corrected chi connectivity index (χ2v) is 6.77. The van der Waals surface area contributed by atoms with Crippen LogP contribution in [0.1, 0.15) is 18.9 Å². The minimum absolute atomic E-state index is 0.218. The molecule has 2 heterocycles. The molecule has 138 valence electrons. The van der Waals surface area contributed by atoms with E-state index in [1.807, 2.05) is 19.1 Å². The van der Waals surface area contributed by atoms with E-state index in [1.165, 1.54) is 13.8 Å². The molecule has 0 fully saturated rings. The lowest BCUT2D eigenvalue weighted by Crippen LogP contribution is -2.40. The number of fused-ring (bicyclic) bond motifs is 1. The number of hydrogen-bond donors (Lipinski definition) is 1. The molecule has 7 nitrogen and oxygen atoms in total. The van der Waals surface area contributed by atoms with E-state index in [4.69, 9.17) is 28.9 Å². The first-order chi connectivity index (χ1) is 12.5. The number of alkyl halides is 1. The number of rotatable bonds is 6. The van der Waals surface area contributed by atoms with Gasteiger partial charge in [-0.25, -0.2) is 9.48 Å². The van der Waals surface area contributed by atoms with Gasteiger partial charge in [-0.15, -0.1) is 11.6 Å². The zero-order valence-corrected chi connectivity index (χ0v) is 15.8. The molecule has 2 aromatic heterocycles. The van der Waals surface area contributed by atoms with Gasteiger partial charge in [0.15, 0.2) is 5.65 Å². The van der Waals surface area contributed by atoms with E-state index in [2.05, 4.69) is 5.10 Å².